The molecule has 1 saturated heterocycles. The van der Waals surface area contributed by atoms with Gasteiger partial charge in [-0.15, -0.1) is 0 Å². The third-order valence-corrected chi connectivity index (χ3v) is 3.78. The Morgan fingerprint density at radius 3 is 2.95 bits per heavy atom. The van der Waals surface area contributed by atoms with Gasteiger partial charge in [0.15, 0.2) is 0 Å². The fourth-order valence-corrected chi connectivity index (χ4v) is 2.53. The van der Waals surface area contributed by atoms with Gasteiger partial charge in [0.05, 0.1) is 11.8 Å². The highest BCUT2D eigenvalue weighted by atomic mass is 16.5. The molecule has 2 heterocycles. The molecule has 0 saturated carbocycles. The number of methoxy groups -OCH3 is 1. The lowest BCUT2D eigenvalue weighted by molar-refractivity contribution is 0.0496. The monoisotopic (exact) mass is 264 g/mol. The molecule has 0 radical (unpaired) electrons. The first-order chi connectivity index (χ1) is 9.02. The maximum atomic E-state index is 11.3. The number of piperidine rings is 1. The zero-order valence-electron chi connectivity index (χ0n) is 11.6. The lowest BCUT2D eigenvalue weighted by Crippen LogP contribution is -2.44. The first-order valence-corrected chi connectivity index (χ1v) is 6.50. The molecule has 104 valence electrons. The average molecular weight is 264 g/mol. The Bertz CT molecular complexity index is 476. The molecule has 2 atom stereocenters. The lowest BCUT2D eigenvalue weighted by atomic mass is 9.95. The van der Waals surface area contributed by atoms with E-state index in [0.29, 0.717) is 5.92 Å². The van der Waals surface area contributed by atoms with Crippen LogP contribution in [0.2, 0.25) is 0 Å². The maximum Gasteiger partial charge on any atom is 0.339 e. The van der Waals surface area contributed by atoms with Crippen LogP contribution in [0.5, 0.6) is 0 Å². The summed E-state index contributed by atoms with van der Waals surface area (Å²) < 4.78 is 5.48. The van der Waals surface area contributed by atoms with Crippen molar-refractivity contribution < 1.29 is 14.6 Å². The van der Waals surface area contributed by atoms with Gasteiger partial charge in [-0.05, 0) is 25.3 Å². The SMILES string of the molecule is COC1CN(c2cc(C)ncc2C(=O)O)CCC1C. The number of ether oxygens (including phenoxy) is 1. The molecular formula is C14H20N2O3. The number of aryl methyl sites for hydroxylation is 1. The standard InChI is InChI=1S/C14H20N2O3/c1-9-4-5-16(8-13(9)19-3)12-6-10(2)15-7-11(12)14(17)18/h6-7,9,13H,4-5,8H2,1-3H3,(H,17,18). The molecule has 0 bridgehead atoms. The fraction of sp³-hybridized carbons (Fsp3) is 0.571. The Kier molecular flexibility index (Phi) is 4.04. The van der Waals surface area contributed by atoms with Crippen LogP contribution in [0, 0.1) is 12.8 Å². The van der Waals surface area contributed by atoms with Crippen LogP contribution in [-0.4, -0.2) is 42.4 Å². The predicted octanol–water partition coefficient (Wildman–Crippen LogP) is 1.95. The van der Waals surface area contributed by atoms with Crippen molar-refractivity contribution in [3.63, 3.8) is 0 Å². The van der Waals surface area contributed by atoms with E-state index < -0.39 is 5.97 Å². The van der Waals surface area contributed by atoms with Crippen molar-refractivity contribution in [3.05, 3.63) is 23.5 Å². The predicted molar refractivity (Wildman–Crippen MR) is 72.7 cm³/mol. The first kappa shape index (κ1) is 13.8. The summed E-state index contributed by atoms with van der Waals surface area (Å²) in [5, 5.41) is 9.26. The highest BCUT2D eigenvalue weighted by Gasteiger charge is 2.28. The molecule has 0 amide bonds. The van der Waals surface area contributed by atoms with Crippen LogP contribution in [0.3, 0.4) is 0 Å². The van der Waals surface area contributed by atoms with E-state index >= 15 is 0 Å². The number of hydrogen-bond acceptors (Lipinski definition) is 4. The lowest BCUT2D eigenvalue weighted by Gasteiger charge is -2.38. The highest BCUT2D eigenvalue weighted by molar-refractivity contribution is 5.94. The number of carboxylic acids is 1. The third-order valence-electron chi connectivity index (χ3n) is 3.78. The largest absolute Gasteiger partial charge is 0.478 e. The summed E-state index contributed by atoms with van der Waals surface area (Å²) in [5.41, 5.74) is 1.83. The number of carboxylic acid groups (broad SMARTS) is 1. The quantitative estimate of drug-likeness (QED) is 0.904. The van der Waals surface area contributed by atoms with Crippen molar-refractivity contribution in [2.45, 2.75) is 26.4 Å². The Labute approximate surface area is 113 Å². The van der Waals surface area contributed by atoms with Gasteiger partial charge in [0.1, 0.15) is 5.56 Å². The summed E-state index contributed by atoms with van der Waals surface area (Å²) in [6.45, 7) is 5.61. The molecule has 1 aromatic rings. The second-order valence-corrected chi connectivity index (χ2v) is 5.13. The molecule has 1 fully saturated rings. The van der Waals surface area contributed by atoms with Crippen LogP contribution in [0.15, 0.2) is 12.3 Å². The number of aromatic carboxylic acids is 1. The van der Waals surface area contributed by atoms with Crippen LogP contribution in [0.4, 0.5) is 5.69 Å². The van der Waals surface area contributed by atoms with Crippen LogP contribution in [0.25, 0.3) is 0 Å². The van der Waals surface area contributed by atoms with E-state index in [1.165, 1.54) is 6.20 Å². The van der Waals surface area contributed by atoms with Crippen LogP contribution < -0.4 is 4.90 Å². The van der Waals surface area contributed by atoms with Gasteiger partial charge in [0.2, 0.25) is 0 Å². The normalized spacial score (nSPS) is 23.4. The molecule has 2 unspecified atom stereocenters. The Morgan fingerprint density at radius 1 is 1.58 bits per heavy atom. The molecule has 5 heteroatoms. The molecule has 19 heavy (non-hydrogen) atoms. The van der Waals surface area contributed by atoms with Crippen LogP contribution >= 0.6 is 0 Å². The number of pyridine rings is 1. The molecule has 1 aromatic heterocycles. The minimum Gasteiger partial charge on any atom is -0.478 e. The second-order valence-electron chi connectivity index (χ2n) is 5.13. The fourth-order valence-electron chi connectivity index (χ4n) is 2.53. The minimum atomic E-state index is -0.935. The van der Waals surface area contributed by atoms with Crippen molar-refractivity contribution in [3.8, 4) is 0 Å². The molecule has 2 rings (SSSR count). The molecule has 5 nitrogen and oxygen atoms in total. The van der Waals surface area contributed by atoms with Gasteiger partial charge in [0, 0.05) is 32.1 Å². The summed E-state index contributed by atoms with van der Waals surface area (Å²) in [6, 6.07) is 1.84. The number of hydrogen-bond donors (Lipinski definition) is 1. The zero-order chi connectivity index (χ0) is 14.0. The molecule has 0 aromatic carbocycles. The molecule has 0 spiro atoms. The van der Waals surface area contributed by atoms with Crippen molar-refractivity contribution in [2.75, 3.05) is 25.1 Å². The molecule has 1 aliphatic rings. The van der Waals surface area contributed by atoms with Gasteiger partial charge >= 0.3 is 5.97 Å². The van der Waals surface area contributed by atoms with Gasteiger partial charge < -0.3 is 14.7 Å². The number of aromatic nitrogens is 1. The number of rotatable bonds is 3. The maximum absolute atomic E-state index is 11.3. The summed E-state index contributed by atoms with van der Waals surface area (Å²) in [5.74, 6) is -0.437. The molecule has 0 aliphatic carbocycles. The second kappa shape index (κ2) is 5.57. The first-order valence-electron chi connectivity index (χ1n) is 6.50. The van der Waals surface area contributed by atoms with E-state index in [1.54, 1.807) is 7.11 Å². The molecule has 1 N–H and O–H groups in total. The highest BCUT2D eigenvalue weighted by Crippen LogP contribution is 2.27. The average Bonchev–Trinajstić information content (AvgIpc) is 2.38. The third kappa shape index (κ3) is 2.87. The molecular weight excluding hydrogens is 244 g/mol. The van der Waals surface area contributed by atoms with Gasteiger partial charge in [-0.1, -0.05) is 6.92 Å². The number of nitrogens with zero attached hydrogens (tertiary/aromatic N) is 2. The van der Waals surface area contributed by atoms with Crippen molar-refractivity contribution in [1.29, 1.82) is 0 Å². The van der Waals surface area contributed by atoms with Crippen LogP contribution in [-0.2, 0) is 4.74 Å². The van der Waals surface area contributed by atoms with Gasteiger partial charge in [0.25, 0.3) is 0 Å². The van der Waals surface area contributed by atoms with Gasteiger partial charge in [-0.2, -0.15) is 0 Å². The van der Waals surface area contributed by atoms with Gasteiger partial charge in [-0.25, -0.2) is 4.79 Å². The van der Waals surface area contributed by atoms with Crippen molar-refractivity contribution in [2.24, 2.45) is 5.92 Å². The van der Waals surface area contributed by atoms with Crippen LogP contribution in [0.1, 0.15) is 29.4 Å². The number of anilines is 1. The zero-order valence-corrected chi connectivity index (χ0v) is 11.6. The summed E-state index contributed by atoms with van der Waals surface area (Å²) in [7, 11) is 1.71. The van der Waals surface area contributed by atoms with Crippen molar-refractivity contribution in [1.82, 2.24) is 4.98 Å². The summed E-state index contributed by atoms with van der Waals surface area (Å²) in [4.78, 5) is 17.5. The van der Waals surface area contributed by atoms with Gasteiger partial charge in [-0.3, -0.25) is 4.98 Å². The topological polar surface area (TPSA) is 62.7 Å². The number of carbonyl (C=O) groups is 1. The van der Waals surface area contributed by atoms with Crippen molar-refractivity contribution >= 4 is 11.7 Å². The van der Waals surface area contributed by atoms with E-state index in [2.05, 4.69) is 16.8 Å². The summed E-state index contributed by atoms with van der Waals surface area (Å²) >= 11 is 0. The Hall–Kier alpha value is -1.62. The van der Waals surface area contributed by atoms with E-state index in [4.69, 9.17) is 4.74 Å². The van der Waals surface area contributed by atoms with E-state index in [9.17, 15) is 9.90 Å². The minimum absolute atomic E-state index is 0.142. The Morgan fingerprint density at radius 2 is 2.32 bits per heavy atom. The smallest absolute Gasteiger partial charge is 0.339 e. The summed E-state index contributed by atoms with van der Waals surface area (Å²) in [6.07, 6.45) is 2.58. The molecule has 1 aliphatic heterocycles. The van der Waals surface area contributed by atoms with E-state index in [0.717, 1.165) is 30.9 Å². The Balaban J connectivity index is 2.31. The van der Waals surface area contributed by atoms with E-state index in [-0.39, 0.29) is 11.7 Å². The van der Waals surface area contributed by atoms with E-state index in [1.807, 2.05) is 13.0 Å².